The number of aliphatic hydroxyl groups is 1. The first-order chi connectivity index (χ1) is 16.3. The van der Waals surface area contributed by atoms with Gasteiger partial charge in [-0.05, 0) is 23.3 Å². The van der Waals surface area contributed by atoms with E-state index in [0.29, 0.717) is 16.9 Å². The quantitative estimate of drug-likeness (QED) is 0.504. The number of hydrogen-bond acceptors (Lipinski definition) is 9. The number of hydrogen-bond donors (Lipinski definition) is 1. The number of benzene rings is 2. The van der Waals surface area contributed by atoms with Crippen molar-refractivity contribution < 1.29 is 43.2 Å². The van der Waals surface area contributed by atoms with Crippen LogP contribution < -0.4 is 9.47 Å². The summed E-state index contributed by atoms with van der Waals surface area (Å²) in [5.74, 6) is -3.96. The number of rotatable bonds is 6. The van der Waals surface area contributed by atoms with Crippen LogP contribution in [0.25, 0.3) is 5.76 Å². The minimum absolute atomic E-state index is 0.132. The average Bonchev–Trinajstić information content (AvgIpc) is 2.99. The third kappa shape index (κ3) is 4.07. The van der Waals surface area contributed by atoms with E-state index in [0.717, 1.165) is 21.3 Å². The molecule has 1 aliphatic carbocycles. The van der Waals surface area contributed by atoms with E-state index in [4.69, 9.17) is 23.7 Å². The van der Waals surface area contributed by atoms with Crippen LogP contribution in [0, 0.1) is 0 Å². The topological polar surface area (TPSA) is 118 Å². The minimum atomic E-state index is -1.05. The number of ether oxygens (including phenoxy) is 5. The molecule has 1 atom stereocenters. The zero-order valence-corrected chi connectivity index (χ0v) is 19.3. The summed E-state index contributed by atoms with van der Waals surface area (Å²) < 4.78 is 25.6. The van der Waals surface area contributed by atoms with E-state index in [-0.39, 0.29) is 16.9 Å². The van der Waals surface area contributed by atoms with Crippen LogP contribution in [0.4, 0.5) is 0 Å². The number of esters is 3. The van der Waals surface area contributed by atoms with Gasteiger partial charge in [0.2, 0.25) is 0 Å². The number of carbonyl (C=O) groups is 3. The standard InChI is InChI=1S/C25H24O9/c1-30-16-11-14-15(12-17(16)31-2)22(26)21(25(29)34-5)20(24(28)33-4)19(23(27)32-3)18(14)13-9-7-6-8-10-13/h6-12,18,26H,1-5H3. The fourth-order valence-electron chi connectivity index (χ4n) is 3.96. The molecule has 3 rings (SSSR count). The summed E-state index contributed by atoms with van der Waals surface area (Å²) >= 11 is 0. The van der Waals surface area contributed by atoms with Crippen molar-refractivity contribution in [2.45, 2.75) is 5.92 Å². The number of methoxy groups -OCH3 is 5. The average molecular weight is 468 g/mol. The monoisotopic (exact) mass is 468 g/mol. The Balaban J connectivity index is 2.62. The predicted molar refractivity (Wildman–Crippen MR) is 120 cm³/mol. The van der Waals surface area contributed by atoms with Crippen LogP contribution in [-0.2, 0) is 28.6 Å². The van der Waals surface area contributed by atoms with Crippen LogP contribution in [0.15, 0.2) is 59.2 Å². The smallest absolute Gasteiger partial charge is 0.342 e. The van der Waals surface area contributed by atoms with E-state index in [1.165, 1.54) is 20.3 Å². The van der Waals surface area contributed by atoms with Crippen molar-refractivity contribution in [1.82, 2.24) is 0 Å². The largest absolute Gasteiger partial charge is 0.506 e. The molecule has 1 N–H and O–H groups in total. The van der Waals surface area contributed by atoms with Gasteiger partial charge in [-0.15, -0.1) is 0 Å². The Labute approximate surface area is 196 Å². The van der Waals surface area contributed by atoms with Crippen LogP contribution in [0.5, 0.6) is 11.5 Å². The molecular weight excluding hydrogens is 444 g/mol. The predicted octanol–water partition coefficient (Wildman–Crippen LogP) is 2.93. The maximum Gasteiger partial charge on any atom is 0.342 e. The lowest BCUT2D eigenvalue weighted by atomic mass is 9.81. The zero-order chi connectivity index (χ0) is 25.0. The van der Waals surface area contributed by atoms with Gasteiger partial charge in [0.15, 0.2) is 11.5 Å². The molecule has 0 spiro atoms. The van der Waals surface area contributed by atoms with Gasteiger partial charge >= 0.3 is 17.9 Å². The van der Waals surface area contributed by atoms with Crippen molar-refractivity contribution >= 4 is 23.7 Å². The fraction of sp³-hybridized carbons (Fsp3) is 0.240. The summed E-state index contributed by atoms with van der Waals surface area (Å²) in [6, 6.07) is 11.8. The van der Waals surface area contributed by atoms with Crippen LogP contribution in [0.3, 0.4) is 0 Å². The Morgan fingerprint density at radius 2 is 1.26 bits per heavy atom. The van der Waals surface area contributed by atoms with Crippen LogP contribution in [0.2, 0.25) is 0 Å². The van der Waals surface area contributed by atoms with Crippen molar-refractivity contribution in [3.05, 3.63) is 75.9 Å². The highest BCUT2D eigenvalue weighted by molar-refractivity contribution is 6.16. The molecular formula is C25H24O9. The first-order valence-corrected chi connectivity index (χ1v) is 10.1. The number of fused-ring (bicyclic) bond motifs is 1. The second-order valence-corrected chi connectivity index (χ2v) is 7.13. The fourth-order valence-corrected chi connectivity index (χ4v) is 3.96. The van der Waals surface area contributed by atoms with Gasteiger partial charge < -0.3 is 28.8 Å². The number of carbonyl (C=O) groups excluding carboxylic acids is 3. The lowest BCUT2D eigenvalue weighted by Crippen LogP contribution is -2.23. The molecule has 0 bridgehead atoms. The molecule has 178 valence electrons. The van der Waals surface area contributed by atoms with Crippen molar-refractivity contribution in [2.75, 3.05) is 35.5 Å². The highest BCUT2D eigenvalue weighted by Crippen LogP contribution is 2.47. The summed E-state index contributed by atoms with van der Waals surface area (Å²) in [5.41, 5.74) is -0.146. The molecule has 0 saturated heterocycles. The Morgan fingerprint density at radius 1 is 0.735 bits per heavy atom. The van der Waals surface area contributed by atoms with Crippen LogP contribution in [-0.4, -0.2) is 58.6 Å². The van der Waals surface area contributed by atoms with Gasteiger partial charge in [0.1, 0.15) is 11.3 Å². The zero-order valence-electron chi connectivity index (χ0n) is 19.3. The second-order valence-electron chi connectivity index (χ2n) is 7.13. The second kappa shape index (κ2) is 10.1. The van der Waals surface area contributed by atoms with Gasteiger partial charge in [-0.3, -0.25) is 0 Å². The lowest BCUT2D eigenvalue weighted by Gasteiger charge is -2.23. The third-order valence-electron chi connectivity index (χ3n) is 5.48. The van der Waals surface area contributed by atoms with Crippen LogP contribution in [0.1, 0.15) is 22.6 Å². The minimum Gasteiger partial charge on any atom is -0.506 e. The van der Waals surface area contributed by atoms with Crippen molar-refractivity contribution in [2.24, 2.45) is 0 Å². The Morgan fingerprint density at radius 3 is 1.79 bits per heavy atom. The third-order valence-corrected chi connectivity index (χ3v) is 5.48. The van der Waals surface area contributed by atoms with E-state index in [2.05, 4.69) is 0 Å². The molecule has 9 heteroatoms. The van der Waals surface area contributed by atoms with E-state index >= 15 is 0 Å². The molecule has 34 heavy (non-hydrogen) atoms. The SMILES string of the molecule is COC(=O)C1=C(O)c2cc(OC)c(OC)cc2C(c2ccccc2)C(C(=O)OC)=C1C(=O)OC. The summed E-state index contributed by atoms with van der Waals surface area (Å²) in [4.78, 5) is 39.1. The molecule has 0 radical (unpaired) electrons. The summed E-state index contributed by atoms with van der Waals surface area (Å²) in [7, 11) is 6.18. The number of aliphatic hydroxyl groups excluding tert-OH is 1. The molecule has 2 aromatic rings. The van der Waals surface area contributed by atoms with Gasteiger partial charge in [-0.2, -0.15) is 0 Å². The molecule has 0 amide bonds. The summed E-state index contributed by atoms with van der Waals surface area (Å²) in [5, 5.41) is 11.3. The molecule has 1 aliphatic rings. The molecule has 0 heterocycles. The first-order valence-electron chi connectivity index (χ1n) is 10.1. The van der Waals surface area contributed by atoms with Gasteiger partial charge in [0.25, 0.3) is 0 Å². The van der Waals surface area contributed by atoms with E-state index in [9.17, 15) is 19.5 Å². The van der Waals surface area contributed by atoms with Gasteiger partial charge in [0.05, 0.1) is 46.7 Å². The van der Waals surface area contributed by atoms with Crippen molar-refractivity contribution in [3.63, 3.8) is 0 Å². The maximum atomic E-state index is 13.2. The van der Waals surface area contributed by atoms with Gasteiger partial charge in [-0.25, -0.2) is 14.4 Å². The van der Waals surface area contributed by atoms with Crippen LogP contribution >= 0.6 is 0 Å². The van der Waals surface area contributed by atoms with E-state index in [1.807, 2.05) is 0 Å². The molecule has 2 aromatic carbocycles. The molecule has 1 unspecified atom stereocenters. The van der Waals surface area contributed by atoms with Gasteiger partial charge in [0, 0.05) is 11.5 Å². The molecule has 0 fully saturated rings. The normalized spacial score (nSPS) is 15.1. The molecule has 0 aromatic heterocycles. The molecule has 9 nitrogen and oxygen atoms in total. The Hall–Kier alpha value is -4.27. The first kappa shape index (κ1) is 24.4. The summed E-state index contributed by atoms with van der Waals surface area (Å²) in [6.45, 7) is 0. The van der Waals surface area contributed by atoms with Gasteiger partial charge in [-0.1, -0.05) is 30.3 Å². The van der Waals surface area contributed by atoms with Crippen molar-refractivity contribution in [1.29, 1.82) is 0 Å². The van der Waals surface area contributed by atoms with E-state index in [1.54, 1.807) is 36.4 Å². The Kier molecular flexibility index (Phi) is 7.25. The highest BCUT2D eigenvalue weighted by atomic mass is 16.5. The molecule has 0 aliphatic heterocycles. The van der Waals surface area contributed by atoms with E-state index < -0.39 is 40.7 Å². The Bertz CT molecular complexity index is 1190. The molecule has 0 saturated carbocycles. The summed E-state index contributed by atoms with van der Waals surface area (Å²) in [6.07, 6.45) is 0. The van der Waals surface area contributed by atoms with Crippen molar-refractivity contribution in [3.8, 4) is 11.5 Å². The maximum absolute atomic E-state index is 13.2. The highest BCUT2D eigenvalue weighted by Gasteiger charge is 2.42. The lowest BCUT2D eigenvalue weighted by molar-refractivity contribution is -0.140.